The molecule has 1 atom stereocenters. The van der Waals surface area contributed by atoms with Crippen LogP contribution < -0.4 is 20.9 Å². The summed E-state index contributed by atoms with van der Waals surface area (Å²) in [4.78, 5) is 44.8. The lowest BCUT2D eigenvalue weighted by Crippen LogP contribution is -2.51. The van der Waals surface area contributed by atoms with Gasteiger partial charge in [0.25, 0.3) is 0 Å². The van der Waals surface area contributed by atoms with Crippen LogP contribution >= 0.6 is 11.6 Å². The number of fused-ring (bicyclic) bond motifs is 4. The number of rotatable bonds is 17. The Balaban J connectivity index is 0.966. The van der Waals surface area contributed by atoms with Gasteiger partial charge < -0.3 is 39.5 Å². The number of esters is 1. The van der Waals surface area contributed by atoms with Gasteiger partial charge >= 0.3 is 5.97 Å². The summed E-state index contributed by atoms with van der Waals surface area (Å²) in [7, 11) is -0.685. The lowest BCUT2D eigenvalue weighted by molar-refractivity contribution is -0.159. The van der Waals surface area contributed by atoms with Crippen LogP contribution in [0.15, 0.2) is 65.5 Å². The van der Waals surface area contributed by atoms with Crippen molar-refractivity contribution in [3.8, 4) is 11.5 Å². The van der Waals surface area contributed by atoms with E-state index in [0.29, 0.717) is 66.3 Å². The Labute approximate surface area is 378 Å². The number of aromatic hydroxyl groups is 1. The number of nitrogens with zero attached hydrogens (tertiary/aromatic N) is 1. The summed E-state index contributed by atoms with van der Waals surface area (Å²) < 4.78 is 19.0. The van der Waals surface area contributed by atoms with Crippen molar-refractivity contribution in [3.05, 3.63) is 98.3 Å². The third-order valence-corrected chi connectivity index (χ3v) is 19.4. The van der Waals surface area contributed by atoms with Crippen LogP contribution in [0.2, 0.25) is 23.2 Å². The van der Waals surface area contributed by atoms with Crippen LogP contribution in [-0.2, 0) is 37.1 Å². The van der Waals surface area contributed by atoms with Gasteiger partial charge in [0, 0.05) is 48.0 Å². The van der Waals surface area contributed by atoms with Gasteiger partial charge in [0.15, 0.2) is 8.32 Å². The number of benzene rings is 3. The number of piperidine rings is 3. The van der Waals surface area contributed by atoms with Gasteiger partial charge in [-0.1, -0.05) is 82.0 Å². The molecule has 0 unspecified atom stereocenters. The number of anilines is 1. The molecule has 0 radical (unpaired) electrons. The largest absolute Gasteiger partial charge is 0.506 e. The number of H-pyrrole nitrogens is 1. The second-order valence-electron chi connectivity index (χ2n) is 19.8. The van der Waals surface area contributed by atoms with Crippen LogP contribution in [0.1, 0.15) is 113 Å². The van der Waals surface area contributed by atoms with Crippen LogP contribution in [-0.4, -0.2) is 75.1 Å². The molecule has 4 aliphatic rings. The number of phenolic OH excluding ortho intramolecular Hbond substituents is 1. The van der Waals surface area contributed by atoms with E-state index in [2.05, 4.69) is 72.6 Å². The Hall–Kier alpha value is -4.20. The summed E-state index contributed by atoms with van der Waals surface area (Å²) in [5.41, 5.74) is 3.91. The van der Waals surface area contributed by atoms with E-state index in [1.165, 1.54) is 6.07 Å². The normalized spacial score (nSPS) is 20.3. The smallest absolute Gasteiger partial charge is 0.316 e. The molecule has 4 N–H and O–H groups in total. The number of aryl methyl sites for hydroxylation is 1. The first kappa shape index (κ1) is 46.8. The van der Waals surface area contributed by atoms with E-state index in [1.54, 1.807) is 25.3 Å². The average molecular weight is 900 g/mol. The first-order valence-electron chi connectivity index (χ1n) is 22.9. The molecule has 340 valence electrons. The molecule has 63 heavy (non-hydrogen) atoms. The molecule has 1 aromatic heterocycles. The number of pyridine rings is 1. The zero-order valence-electron chi connectivity index (χ0n) is 38.1. The fourth-order valence-electron chi connectivity index (χ4n) is 9.57. The number of hydrogen-bond donors (Lipinski definition) is 4. The summed E-state index contributed by atoms with van der Waals surface area (Å²) in [6, 6.07) is 18.6. The van der Waals surface area contributed by atoms with Crippen molar-refractivity contribution in [1.82, 2.24) is 15.2 Å². The molecule has 2 bridgehead atoms. The van der Waals surface area contributed by atoms with Crippen LogP contribution in [0.25, 0.3) is 10.9 Å². The van der Waals surface area contributed by atoms with Crippen molar-refractivity contribution < 1.29 is 28.6 Å². The third kappa shape index (κ3) is 10.7. The highest BCUT2D eigenvalue weighted by atomic mass is 35.5. The fourth-order valence-corrected chi connectivity index (χ4v) is 11.1. The minimum Gasteiger partial charge on any atom is -0.506 e. The maximum Gasteiger partial charge on any atom is 0.316 e. The van der Waals surface area contributed by atoms with Gasteiger partial charge in [-0.3, -0.25) is 14.4 Å². The SMILES string of the molecule is COc1cc(NC(=O)CCCc2cccc(C3(C(=O)OCC45CCN(CC4)CC5)CCCCC3)c2)c(Cl)cc1CNC[C@H](O[Si](C)(C)C(C)(C)C)c1ccc(O)c2[nH]c(=O)ccc12. The van der Waals surface area contributed by atoms with Crippen LogP contribution in [0.3, 0.4) is 0 Å². The van der Waals surface area contributed by atoms with Crippen molar-refractivity contribution >= 4 is 48.4 Å². The molecule has 8 rings (SSSR count). The minimum atomic E-state index is -2.28. The predicted octanol–water partition coefficient (Wildman–Crippen LogP) is 9.94. The number of phenols is 1. The molecule has 4 fully saturated rings. The molecular weight excluding hydrogens is 832 g/mol. The van der Waals surface area contributed by atoms with E-state index in [1.807, 2.05) is 18.2 Å². The molecule has 4 aromatic rings. The van der Waals surface area contributed by atoms with Gasteiger partial charge in [-0.15, -0.1) is 0 Å². The summed E-state index contributed by atoms with van der Waals surface area (Å²) in [5.74, 6) is 0.374. The molecule has 4 heterocycles. The van der Waals surface area contributed by atoms with Crippen LogP contribution in [0.4, 0.5) is 5.69 Å². The third-order valence-electron chi connectivity index (χ3n) is 14.6. The lowest BCUT2D eigenvalue weighted by atomic mass is 9.68. The number of hydrogen-bond acceptors (Lipinski definition) is 9. The van der Waals surface area contributed by atoms with E-state index in [9.17, 15) is 19.5 Å². The highest BCUT2D eigenvalue weighted by Gasteiger charge is 2.46. The maximum absolute atomic E-state index is 14.1. The first-order valence-corrected chi connectivity index (χ1v) is 26.2. The van der Waals surface area contributed by atoms with Gasteiger partial charge in [0.1, 0.15) is 11.5 Å². The van der Waals surface area contributed by atoms with Crippen LogP contribution in [0, 0.1) is 5.41 Å². The molecule has 3 saturated heterocycles. The number of aromatic amines is 1. The van der Waals surface area contributed by atoms with Gasteiger partial charge in [0.05, 0.1) is 41.5 Å². The number of carbonyl (C=O) groups excluding carboxylic acids is 2. The van der Waals surface area contributed by atoms with E-state index in [0.717, 1.165) is 93.3 Å². The van der Waals surface area contributed by atoms with Gasteiger partial charge in [0.2, 0.25) is 11.5 Å². The molecule has 3 aliphatic heterocycles. The Morgan fingerprint density at radius 3 is 2.40 bits per heavy atom. The van der Waals surface area contributed by atoms with E-state index >= 15 is 0 Å². The standard InChI is InChI=1S/C50H67ClN4O7Si/c1-48(2,3)63(5,6)62-43(37-16-18-41(56)46-38(37)17-19-45(58)54-46)32-52-31-35-29-39(51)40(30-42(35)60-4)53-44(57)15-11-13-34-12-10-14-36(28-34)50(20-8-7-9-21-50)47(59)61-33-49-22-25-55(26-23-49)27-24-49/h10,12,14,16-19,28-30,43,52,56H,7-9,11,13,15,20-27,31-33H2,1-6H3,(H,53,57)(H,54,58)/t43-/m0/s1. The van der Waals surface area contributed by atoms with E-state index in [4.69, 9.17) is 25.5 Å². The second-order valence-corrected chi connectivity index (χ2v) is 25.0. The Morgan fingerprint density at radius 2 is 1.70 bits per heavy atom. The van der Waals surface area contributed by atoms with Crippen molar-refractivity contribution in [2.24, 2.45) is 5.41 Å². The number of ether oxygens (including phenoxy) is 2. The van der Waals surface area contributed by atoms with Crippen molar-refractivity contribution in [2.45, 2.75) is 128 Å². The number of methoxy groups -OCH3 is 1. The van der Waals surface area contributed by atoms with Gasteiger partial charge in [-0.25, -0.2) is 0 Å². The highest BCUT2D eigenvalue weighted by molar-refractivity contribution is 6.74. The zero-order valence-corrected chi connectivity index (χ0v) is 39.8. The molecule has 1 aliphatic carbocycles. The summed E-state index contributed by atoms with van der Waals surface area (Å²) in [5, 5.41) is 18.2. The summed E-state index contributed by atoms with van der Waals surface area (Å²) >= 11 is 6.80. The Kier molecular flexibility index (Phi) is 14.5. The van der Waals surface area contributed by atoms with Crippen LogP contribution in [0.5, 0.6) is 11.5 Å². The van der Waals surface area contributed by atoms with Gasteiger partial charge in [-0.2, -0.15) is 0 Å². The van der Waals surface area contributed by atoms with Crippen molar-refractivity contribution in [1.29, 1.82) is 0 Å². The number of amides is 1. The summed E-state index contributed by atoms with van der Waals surface area (Å²) in [6.45, 7) is 15.7. The monoisotopic (exact) mass is 898 g/mol. The molecule has 1 amide bonds. The highest BCUT2D eigenvalue weighted by Crippen LogP contribution is 2.45. The topological polar surface area (TPSA) is 142 Å². The van der Waals surface area contributed by atoms with Crippen molar-refractivity contribution in [3.63, 3.8) is 0 Å². The van der Waals surface area contributed by atoms with E-state index < -0.39 is 19.8 Å². The van der Waals surface area contributed by atoms with Crippen molar-refractivity contribution in [2.75, 3.05) is 45.2 Å². The number of nitrogens with one attached hydrogen (secondary N) is 3. The lowest BCUT2D eigenvalue weighted by Gasteiger charge is -2.48. The number of carbonyl (C=O) groups is 2. The predicted molar refractivity (Wildman–Crippen MR) is 253 cm³/mol. The second kappa shape index (κ2) is 19.5. The molecule has 0 spiro atoms. The number of aromatic nitrogens is 1. The van der Waals surface area contributed by atoms with E-state index in [-0.39, 0.29) is 33.6 Å². The number of halogens is 1. The molecule has 13 heteroatoms. The Bertz CT molecular complexity index is 2310. The first-order chi connectivity index (χ1) is 30.0. The Morgan fingerprint density at radius 1 is 0.968 bits per heavy atom. The maximum atomic E-state index is 14.1. The molecule has 1 saturated carbocycles. The average Bonchev–Trinajstić information content (AvgIpc) is 3.27. The quantitative estimate of drug-likeness (QED) is 0.0602. The van der Waals surface area contributed by atoms with Gasteiger partial charge in [-0.05, 0) is 118 Å². The molecule has 3 aromatic carbocycles. The minimum absolute atomic E-state index is 0.000576. The molecule has 11 nitrogen and oxygen atoms in total. The summed E-state index contributed by atoms with van der Waals surface area (Å²) in [6.07, 6.45) is 9.37. The zero-order chi connectivity index (χ0) is 45.0. The fraction of sp³-hybridized carbons (Fsp3) is 0.540. The molecular formula is C50H67ClN4O7Si.